The summed E-state index contributed by atoms with van der Waals surface area (Å²) in [6.45, 7) is 6.00. The van der Waals surface area contributed by atoms with Gasteiger partial charge in [0.1, 0.15) is 5.76 Å². The van der Waals surface area contributed by atoms with Crippen LogP contribution in [0.1, 0.15) is 68.0 Å². The van der Waals surface area contributed by atoms with Crippen molar-refractivity contribution in [3.8, 4) is 0 Å². The Morgan fingerprint density at radius 2 is 2.29 bits per heavy atom. The number of piperidine rings is 1. The molecule has 3 rings (SSSR count). The van der Waals surface area contributed by atoms with E-state index in [0.717, 1.165) is 18.8 Å². The molecule has 2 fully saturated rings. The third-order valence-electron chi connectivity index (χ3n) is 5.21. The molecule has 116 valence electrons. The zero-order valence-electron chi connectivity index (χ0n) is 13.1. The van der Waals surface area contributed by atoms with Crippen LogP contribution in [0.15, 0.2) is 16.7 Å². The molecule has 1 saturated heterocycles. The number of fused-ring (bicyclic) bond motifs is 1. The number of furan rings is 1. The first-order valence-corrected chi connectivity index (χ1v) is 8.21. The van der Waals surface area contributed by atoms with E-state index in [4.69, 9.17) is 4.42 Å². The number of carbonyl (C=O) groups is 1. The van der Waals surface area contributed by atoms with E-state index in [-0.39, 0.29) is 17.2 Å². The molecule has 1 aromatic heterocycles. The van der Waals surface area contributed by atoms with Gasteiger partial charge in [0.05, 0.1) is 11.8 Å². The average Bonchev–Trinajstić information content (AvgIpc) is 3.11. The summed E-state index contributed by atoms with van der Waals surface area (Å²) in [5, 5.41) is 6.81. The molecule has 1 aliphatic carbocycles. The Kier molecular flexibility index (Phi) is 4.07. The highest BCUT2D eigenvalue weighted by Crippen LogP contribution is 2.43. The molecular weight excluding hydrogens is 264 g/mol. The van der Waals surface area contributed by atoms with E-state index in [0.29, 0.717) is 11.6 Å². The van der Waals surface area contributed by atoms with Crippen molar-refractivity contribution in [2.24, 2.45) is 5.41 Å². The Hall–Kier alpha value is -1.29. The molecule has 1 aromatic rings. The molecule has 2 aliphatic rings. The number of rotatable bonds is 4. The van der Waals surface area contributed by atoms with E-state index in [1.54, 1.807) is 12.3 Å². The molecule has 1 aliphatic heterocycles. The van der Waals surface area contributed by atoms with Crippen molar-refractivity contribution in [2.75, 3.05) is 13.1 Å². The van der Waals surface area contributed by atoms with Gasteiger partial charge in [-0.15, -0.1) is 0 Å². The van der Waals surface area contributed by atoms with Crippen LogP contribution in [0.25, 0.3) is 0 Å². The predicted molar refractivity (Wildman–Crippen MR) is 82.4 cm³/mol. The largest absolute Gasteiger partial charge is 0.468 e. The van der Waals surface area contributed by atoms with Gasteiger partial charge in [-0.1, -0.05) is 20.3 Å². The van der Waals surface area contributed by atoms with Crippen LogP contribution in [0, 0.1) is 5.41 Å². The van der Waals surface area contributed by atoms with Crippen LogP contribution in [0.2, 0.25) is 0 Å². The van der Waals surface area contributed by atoms with Gasteiger partial charge in [-0.2, -0.15) is 0 Å². The fourth-order valence-corrected chi connectivity index (χ4v) is 4.08. The Morgan fingerprint density at radius 1 is 1.48 bits per heavy atom. The van der Waals surface area contributed by atoms with Crippen LogP contribution in [0.5, 0.6) is 0 Å². The van der Waals surface area contributed by atoms with Crippen molar-refractivity contribution in [1.29, 1.82) is 0 Å². The summed E-state index contributed by atoms with van der Waals surface area (Å²) >= 11 is 0. The first kappa shape index (κ1) is 14.6. The molecule has 2 unspecified atom stereocenters. The van der Waals surface area contributed by atoms with Gasteiger partial charge in [-0.05, 0) is 38.3 Å². The summed E-state index contributed by atoms with van der Waals surface area (Å²) < 4.78 is 5.45. The molecule has 0 radical (unpaired) electrons. The van der Waals surface area contributed by atoms with Crippen LogP contribution in [0.4, 0.5) is 0 Å². The maximum absolute atomic E-state index is 12.5. The fraction of sp³-hybridized carbons (Fsp3) is 0.706. The number of carbonyl (C=O) groups excluding carboxylic acids is 1. The van der Waals surface area contributed by atoms with Gasteiger partial charge in [-0.25, -0.2) is 0 Å². The highest BCUT2D eigenvalue weighted by molar-refractivity contribution is 5.95. The third kappa shape index (κ3) is 2.73. The zero-order valence-corrected chi connectivity index (χ0v) is 13.1. The van der Waals surface area contributed by atoms with Crippen LogP contribution in [0.3, 0.4) is 0 Å². The molecule has 0 spiro atoms. The lowest BCUT2D eigenvalue weighted by Gasteiger charge is -2.40. The van der Waals surface area contributed by atoms with Gasteiger partial charge >= 0.3 is 0 Å². The molecule has 0 bridgehead atoms. The van der Waals surface area contributed by atoms with Crippen molar-refractivity contribution >= 4 is 5.91 Å². The fourth-order valence-electron chi connectivity index (χ4n) is 4.08. The lowest BCUT2D eigenvalue weighted by atomic mass is 9.76. The molecule has 2 N–H and O–H groups in total. The second kappa shape index (κ2) is 5.84. The second-order valence-electron chi connectivity index (χ2n) is 6.90. The van der Waals surface area contributed by atoms with Gasteiger partial charge in [0.25, 0.3) is 5.91 Å². The van der Waals surface area contributed by atoms with Crippen molar-refractivity contribution in [1.82, 2.24) is 10.6 Å². The molecule has 2 heterocycles. The predicted octanol–water partition coefficient (Wildman–Crippen LogP) is 3.06. The van der Waals surface area contributed by atoms with Gasteiger partial charge in [0.2, 0.25) is 0 Å². The number of hydrogen-bond donors (Lipinski definition) is 2. The van der Waals surface area contributed by atoms with Crippen molar-refractivity contribution in [3.05, 3.63) is 23.7 Å². The Bertz CT molecular complexity index is 509. The first-order valence-electron chi connectivity index (χ1n) is 8.21. The molecule has 0 aromatic carbocycles. The van der Waals surface area contributed by atoms with E-state index >= 15 is 0 Å². The Balaban J connectivity index is 1.67. The summed E-state index contributed by atoms with van der Waals surface area (Å²) in [7, 11) is 0. The quantitative estimate of drug-likeness (QED) is 0.896. The highest BCUT2D eigenvalue weighted by Gasteiger charge is 2.44. The molecular formula is C17H26N2O2. The third-order valence-corrected chi connectivity index (χ3v) is 5.21. The summed E-state index contributed by atoms with van der Waals surface area (Å²) in [6, 6.07) is 2.37. The van der Waals surface area contributed by atoms with Crippen molar-refractivity contribution < 1.29 is 9.21 Å². The van der Waals surface area contributed by atoms with Gasteiger partial charge in [0.15, 0.2) is 0 Å². The van der Waals surface area contributed by atoms with Crippen molar-refractivity contribution in [3.63, 3.8) is 0 Å². The first-order chi connectivity index (χ1) is 10.1. The zero-order chi connectivity index (χ0) is 14.9. The Labute approximate surface area is 126 Å². The minimum Gasteiger partial charge on any atom is -0.468 e. The SMILES string of the molecule is CC(C)c1occc1C(=O)NCC12CCCNC1CCC2. The summed E-state index contributed by atoms with van der Waals surface area (Å²) in [4.78, 5) is 12.5. The topological polar surface area (TPSA) is 54.3 Å². The summed E-state index contributed by atoms with van der Waals surface area (Å²) in [6.07, 6.45) is 7.81. The summed E-state index contributed by atoms with van der Waals surface area (Å²) in [5.41, 5.74) is 0.968. The molecule has 2 atom stereocenters. The minimum absolute atomic E-state index is 0.0121. The molecule has 1 amide bonds. The van der Waals surface area contributed by atoms with E-state index in [9.17, 15) is 4.79 Å². The monoisotopic (exact) mass is 290 g/mol. The van der Waals surface area contributed by atoms with Gasteiger partial charge < -0.3 is 15.1 Å². The van der Waals surface area contributed by atoms with Crippen LogP contribution >= 0.6 is 0 Å². The van der Waals surface area contributed by atoms with Crippen molar-refractivity contribution in [2.45, 2.75) is 57.9 Å². The van der Waals surface area contributed by atoms with E-state index in [1.807, 2.05) is 13.8 Å². The summed E-state index contributed by atoms with van der Waals surface area (Å²) in [5.74, 6) is 1.03. The number of nitrogens with one attached hydrogen (secondary N) is 2. The normalized spacial score (nSPS) is 28.6. The molecule has 4 nitrogen and oxygen atoms in total. The maximum Gasteiger partial charge on any atom is 0.254 e. The maximum atomic E-state index is 12.5. The van der Waals surface area contributed by atoms with Crippen LogP contribution < -0.4 is 10.6 Å². The molecule has 1 saturated carbocycles. The van der Waals surface area contributed by atoms with Gasteiger partial charge in [0, 0.05) is 23.9 Å². The number of amides is 1. The van der Waals surface area contributed by atoms with Crippen LogP contribution in [-0.4, -0.2) is 25.0 Å². The van der Waals surface area contributed by atoms with Gasteiger partial charge in [-0.3, -0.25) is 4.79 Å². The molecule has 4 heteroatoms. The number of hydrogen-bond acceptors (Lipinski definition) is 3. The standard InChI is InChI=1S/C17H26N2O2/c1-12(2)15-13(6-10-21-15)16(20)19-11-17-7-3-5-14(17)18-9-4-8-17/h6,10,12,14,18H,3-5,7-9,11H2,1-2H3,(H,19,20). The lowest BCUT2D eigenvalue weighted by molar-refractivity contribution is 0.0897. The van der Waals surface area contributed by atoms with E-state index in [1.165, 1.54) is 32.1 Å². The Morgan fingerprint density at radius 3 is 3.10 bits per heavy atom. The van der Waals surface area contributed by atoms with E-state index < -0.39 is 0 Å². The average molecular weight is 290 g/mol. The highest BCUT2D eigenvalue weighted by atomic mass is 16.3. The second-order valence-corrected chi connectivity index (χ2v) is 6.90. The smallest absolute Gasteiger partial charge is 0.254 e. The minimum atomic E-state index is 0.0121. The molecule has 21 heavy (non-hydrogen) atoms. The lowest BCUT2D eigenvalue weighted by Crippen LogP contribution is -2.51. The van der Waals surface area contributed by atoms with E-state index in [2.05, 4.69) is 10.6 Å². The van der Waals surface area contributed by atoms with Crippen LogP contribution in [-0.2, 0) is 0 Å².